The molecule has 2 aliphatic rings. The third-order valence-corrected chi connectivity index (χ3v) is 3.05. The molecule has 98 valence electrons. The van der Waals surface area contributed by atoms with Gasteiger partial charge in [0.25, 0.3) is 0 Å². The van der Waals surface area contributed by atoms with Crippen LogP contribution in [0.25, 0.3) is 0 Å². The van der Waals surface area contributed by atoms with Crippen LogP contribution < -0.4 is 10.6 Å². The third kappa shape index (κ3) is 5.02. The number of rotatable bonds is 7. The summed E-state index contributed by atoms with van der Waals surface area (Å²) in [4.78, 5) is 11.7. The summed E-state index contributed by atoms with van der Waals surface area (Å²) in [7, 11) is 0. The van der Waals surface area contributed by atoms with E-state index in [-0.39, 0.29) is 11.9 Å². The molecule has 2 fully saturated rings. The number of hydrogen-bond acceptors (Lipinski definition) is 4. The molecule has 1 heterocycles. The Hall–Kier alpha value is -0.650. The molecule has 5 nitrogen and oxygen atoms in total. The van der Waals surface area contributed by atoms with Crippen molar-refractivity contribution < 1.29 is 14.3 Å². The fraction of sp³-hybridized carbons (Fsp3) is 0.917. The molecule has 0 aromatic carbocycles. The lowest BCUT2D eigenvalue weighted by Gasteiger charge is -2.22. The highest BCUT2D eigenvalue weighted by molar-refractivity contribution is 5.81. The van der Waals surface area contributed by atoms with E-state index in [2.05, 4.69) is 10.6 Å². The second kappa shape index (κ2) is 6.93. The highest BCUT2D eigenvalue weighted by Gasteiger charge is 2.21. The molecular formula is C12H22N2O3. The van der Waals surface area contributed by atoms with E-state index in [1.54, 1.807) is 0 Å². The summed E-state index contributed by atoms with van der Waals surface area (Å²) < 4.78 is 10.7. The van der Waals surface area contributed by atoms with Crippen LogP contribution in [-0.2, 0) is 14.3 Å². The molecule has 2 rings (SSSR count). The standard InChI is InChI=1S/C12H22N2O3/c15-12(11-9-17-7-5-13-11)14-4-1-6-16-8-10-2-3-10/h10-11,13H,1-9H2,(H,14,15). The Morgan fingerprint density at radius 3 is 3.06 bits per heavy atom. The predicted octanol–water partition coefficient (Wildman–Crippen LogP) is -0.0923. The lowest BCUT2D eigenvalue weighted by atomic mass is 10.2. The first kappa shape index (κ1) is 12.8. The van der Waals surface area contributed by atoms with Gasteiger partial charge in [-0.2, -0.15) is 0 Å². The summed E-state index contributed by atoms with van der Waals surface area (Å²) >= 11 is 0. The van der Waals surface area contributed by atoms with E-state index in [1.807, 2.05) is 0 Å². The van der Waals surface area contributed by atoms with Gasteiger partial charge in [-0.25, -0.2) is 0 Å². The first-order chi connectivity index (χ1) is 8.36. The molecule has 1 unspecified atom stereocenters. The van der Waals surface area contributed by atoms with Gasteiger partial charge in [0.05, 0.1) is 13.2 Å². The van der Waals surface area contributed by atoms with Gasteiger partial charge < -0.3 is 20.1 Å². The molecule has 2 N–H and O–H groups in total. The second-order valence-corrected chi connectivity index (χ2v) is 4.74. The monoisotopic (exact) mass is 242 g/mol. The highest BCUT2D eigenvalue weighted by Crippen LogP contribution is 2.28. The SMILES string of the molecule is O=C(NCCCOCC1CC1)C1COCCN1. The van der Waals surface area contributed by atoms with E-state index >= 15 is 0 Å². The maximum Gasteiger partial charge on any atom is 0.239 e. The van der Waals surface area contributed by atoms with Crippen molar-refractivity contribution in [2.45, 2.75) is 25.3 Å². The van der Waals surface area contributed by atoms with Gasteiger partial charge in [-0.15, -0.1) is 0 Å². The molecule has 0 aromatic heterocycles. The number of amides is 1. The largest absolute Gasteiger partial charge is 0.381 e. The van der Waals surface area contributed by atoms with Crippen molar-refractivity contribution in [3.63, 3.8) is 0 Å². The Kier molecular flexibility index (Phi) is 5.22. The van der Waals surface area contributed by atoms with Crippen LogP contribution in [0.1, 0.15) is 19.3 Å². The summed E-state index contributed by atoms with van der Waals surface area (Å²) in [6.07, 6.45) is 3.53. The molecule has 1 aliphatic carbocycles. The topological polar surface area (TPSA) is 59.6 Å². The molecule has 1 amide bonds. The molecule has 1 atom stereocenters. The molecule has 0 spiro atoms. The van der Waals surface area contributed by atoms with E-state index in [9.17, 15) is 4.79 Å². The van der Waals surface area contributed by atoms with Gasteiger partial charge in [0.1, 0.15) is 6.04 Å². The van der Waals surface area contributed by atoms with Gasteiger partial charge in [-0.3, -0.25) is 4.79 Å². The minimum Gasteiger partial charge on any atom is -0.381 e. The van der Waals surface area contributed by atoms with Gasteiger partial charge in [-0.1, -0.05) is 0 Å². The molecule has 17 heavy (non-hydrogen) atoms. The molecule has 0 aromatic rings. The van der Waals surface area contributed by atoms with Gasteiger partial charge in [0, 0.05) is 26.3 Å². The molecule has 5 heteroatoms. The smallest absolute Gasteiger partial charge is 0.239 e. The number of hydrogen-bond donors (Lipinski definition) is 2. The van der Waals surface area contributed by atoms with Crippen LogP contribution in [-0.4, -0.2) is 51.5 Å². The van der Waals surface area contributed by atoms with Gasteiger partial charge >= 0.3 is 0 Å². The average Bonchev–Trinajstić information content (AvgIpc) is 3.18. The van der Waals surface area contributed by atoms with Crippen LogP contribution in [0, 0.1) is 5.92 Å². The van der Waals surface area contributed by atoms with E-state index in [1.165, 1.54) is 12.8 Å². The fourth-order valence-corrected chi connectivity index (χ4v) is 1.78. The van der Waals surface area contributed by atoms with E-state index in [0.717, 1.165) is 32.1 Å². The lowest BCUT2D eigenvalue weighted by Crippen LogP contribution is -2.51. The summed E-state index contributed by atoms with van der Waals surface area (Å²) in [6.45, 7) is 4.24. The van der Waals surface area contributed by atoms with Crippen molar-refractivity contribution >= 4 is 5.91 Å². The molecule has 1 saturated carbocycles. The molecule has 0 radical (unpaired) electrons. The van der Waals surface area contributed by atoms with E-state index in [4.69, 9.17) is 9.47 Å². The van der Waals surface area contributed by atoms with Crippen LogP contribution in [0.2, 0.25) is 0 Å². The van der Waals surface area contributed by atoms with Crippen molar-refractivity contribution in [2.75, 3.05) is 39.5 Å². The third-order valence-electron chi connectivity index (χ3n) is 3.05. The number of nitrogens with one attached hydrogen (secondary N) is 2. The van der Waals surface area contributed by atoms with Crippen molar-refractivity contribution in [3.05, 3.63) is 0 Å². The maximum absolute atomic E-state index is 11.7. The zero-order chi connectivity index (χ0) is 11.9. The quantitative estimate of drug-likeness (QED) is 0.612. The number of morpholine rings is 1. The van der Waals surface area contributed by atoms with Crippen molar-refractivity contribution in [3.8, 4) is 0 Å². The summed E-state index contributed by atoms with van der Waals surface area (Å²) in [5, 5.41) is 6.02. The van der Waals surface area contributed by atoms with Crippen LogP contribution in [0.4, 0.5) is 0 Å². The van der Waals surface area contributed by atoms with Crippen molar-refractivity contribution in [1.29, 1.82) is 0 Å². The van der Waals surface area contributed by atoms with E-state index < -0.39 is 0 Å². The average molecular weight is 242 g/mol. The Bertz CT molecular complexity index is 238. The number of ether oxygens (including phenoxy) is 2. The first-order valence-corrected chi connectivity index (χ1v) is 6.53. The van der Waals surface area contributed by atoms with Crippen LogP contribution in [0.5, 0.6) is 0 Å². The number of carbonyl (C=O) groups is 1. The highest BCUT2D eigenvalue weighted by atomic mass is 16.5. The molecular weight excluding hydrogens is 220 g/mol. The second-order valence-electron chi connectivity index (χ2n) is 4.74. The Balaban J connectivity index is 1.44. The van der Waals surface area contributed by atoms with Gasteiger partial charge in [-0.05, 0) is 25.2 Å². The zero-order valence-electron chi connectivity index (χ0n) is 10.2. The molecule has 1 saturated heterocycles. The van der Waals surface area contributed by atoms with Gasteiger partial charge in [0.15, 0.2) is 0 Å². The maximum atomic E-state index is 11.7. The molecule has 1 aliphatic heterocycles. The zero-order valence-corrected chi connectivity index (χ0v) is 10.2. The Labute approximate surface area is 102 Å². The van der Waals surface area contributed by atoms with Crippen LogP contribution >= 0.6 is 0 Å². The van der Waals surface area contributed by atoms with E-state index in [0.29, 0.717) is 19.8 Å². The molecule has 0 bridgehead atoms. The minimum absolute atomic E-state index is 0.0342. The predicted molar refractivity (Wildman–Crippen MR) is 63.8 cm³/mol. The van der Waals surface area contributed by atoms with Crippen LogP contribution in [0.15, 0.2) is 0 Å². The summed E-state index contributed by atoms with van der Waals surface area (Å²) in [5.41, 5.74) is 0. The Morgan fingerprint density at radius 2 is 2.35 bits per heavy atom. The summed E-state index contributed by atoms with van der Waals surface area (Å²) in [6, 6.07) is -0.184. The van der Waals surface area contributed by atoms with Crippen molar-refractivity contribution in [2.24, 2.45) is 5.92 Å². The fourth-order valence-electron chi connectivity index (χ4n) is 1.78. The first-order valence-electron chi connectivity index (χ1n) is 6.53. The van der Waals surface area contributed by atoms with Crippen molar-refractivity contribution in [1.82, 2.24) is 10.6 Å². The number of carbonyl (C=O) groups excluding carboxylic acids is 1. The minimum atomic E-state index is -0.184. The summed E-state index contributed by atoms with van der Waals surface area (Å²) in [5.74, 6) is 0.847. The van der Waals surface area contributed by atoms with Gasteiger partial charge in [0.2, 0.25) is 5.91 Å². The Morgan fingerprint density at radius 1 is 1.47 bits per heavy atom. The normalized spacial score (nSPS) is 24.6. The van der Waals surface area contributed by atoms with Crippen LogP contribution in [0.3, 0.4) is 0 Å². The lowest BCUT2D eigenvalue weighted by molar-refractivity contribution is -0.125.